The topological polar surface area (TPSA) is 94.2 Å². The number of thiocarbonyl (C=S) groups is 1. The van der Waals surface area contributed by atoms with E-state index in [4.69, 9.17) is 17.0 Å². The van der Waals surface area contributed by atoms with Crippen molar-refractivity contribution in [2.45, 2.75) is 18.9 Å². The molecule has 1 saturated carbocycles. The zero-order valence-corrected chi connectivity index (χ0v) is 18.5. The highest BCUT2D eigenvalue weighted by Gasteiger charge is 2.34. The fourth-order valence-corrected chi connectivity index (χ4v) is 4.92. The molecule has 0 bridgehead atoms. The third kappa shape index (κ3) is 4.69. The molecule has 4 rings (SSSR count). The Morgan fingerprint density at radius 2 is 1.77 bits per heavy atom. The van der Waals surface area contributed by atoms with Crippen LogP contribution < -0.4 is 19.8 Å². The molecule has 11 heteroatoms. The molecule has 2 aliphatic heterocycles. The highest BCUT2D eigenvalue weighted by atomic mass is 32.2. The van der Waals surface area contributed by atoms with Crippen LogP contribution in [-0.4, -0.2) is 76.2 Å². The lowest BCUT2D eigenvalue weighted by molar-refractivity contribution is 0.143. The van der Waals surface area contributed by atoms with Crippen molar-refractivity contribution in [2.75, 3.05) is 56.1 Å². The van der Waals surface area contributed by atoms with Crippen LogP contribution in [0.15, 0.2) is 24.3 Å². The van der Waals surface area contributed by atoms with E-state index in [2.05, 4.69) is 14.9 Å². The molecule has 0 spiro atoms. The van der Waals surface area contributed by atoms with Crippen molar-refractivity contribution in [2.24, 2.45) is 5.92 Å². The number of piperazine rings is 1. The first-order chi connectivity index (χ1) is 14.4. The molecule has 1 atom stereocenters. The predicted octanol–water partition coefficient (Wildman–Crippen LogP) is 0.925. The number of cyclic esters (lactones) is 1. The summed E-state index contributed by atoms with van der Waals surface area (Å²) in [4.78, 5) is 16.9. The van der Waals surface area contributed by atoms with Crippen molar-refractivity contribution in [1.29, 1.82) is 0 Å². The Morgan fingerprint density at radius 1 is 1.13 bits per heavy atom. The molecule has 164 valence electrons. The normalized spacial score (nSPS) is 22.8. The molecule has 3 aliphatic rings. The molecule has 2 saturated heterocycles. The summed E-state index contributed by atoms with van der Waals surface area (Å²) in [5, 5.41) is 3.22. The van der Waals surface area contributed by atoms with Gasteiger partial charge in [-0.05, 0) is 37.1 Å². The van der Waals surface area contributed by atoms with Gasteiger partial charge in [-0.3, -0.25) is 4.90 Å². The Balaban J connectivity index is 1.31. The molecule has 0 radical (unpaired) electrons. The smallest absolute Gasteiger partial charge is 0.414 e. The molecule has 1 unspecified atom stereocenters. The number of rotatable bonds is 7. The van der Waals surface area contributed by atoms with Gasteiger partial charge in [0.05, 0.1) is 18.1 Å². The molecule has 2 N–H and O–H groups in total. The Bertz CT molecular complexity index is 896. The van der Waals surface area contributed by atoms with Crippen molar-refractivity contribution in [3.8, 4) is 0 Å². The highest BCUT2D eigenvalue weighted by Crippen LogP contribution is 2.30. The average Bonchev–Trinajstić information content (AvgIpc) is 3.55. The summed E-state index contributed by atoms with van der Waals surface area (Å²) in [5.41, 5.74) is 1.79. The van der Waals surface area contributed by atoms with Crippen molar-refractivity contribution in [3.05, 3.63) is 24.3 Å². The van der Waals surface area contributed by atoms with E-state index in [1.807, 2.05) is 24.3 Å². The summed E-state index contributed by atoms with van der Waals surface area (Å²) < 4.78 is 33.1. The summed E-state index contributed by atoms with van der Waals surface area (Å²) in [7, 11) is -1.96. The van der Waals surface area contributed by atoms with Crippen LogP contribution in [0.1, 0.15) is 12.8 Å². The first-order valence-electron chi connectivity index (χ1n) is 10.2. The van der Waals surface area contributed by atoms with Crippen molar-refractivity contribution in [3.63, 3.8) is 0 Å². The maximum Gasteiger partial charge on any atom is 0.414 e. The number of nitrogens with zero attached hydrogens (tertiary/aromatic N) is 3. The first-order valence-corrected chi connectivity index (χ1v) is 12.0. The fraction of sp³-hybridized carbons (Fsp3) is 0.579. The summed E-state index contributed by atoms with van der Waals surface area (Å²) >= 11 is 5.33. The predicted molar refractivity (Wildman–Crippen MR) is 119 cm³/mol. The second-order valence-corrected chi connectivity index (χ2v) is 10.1. The van der Waals surface area contributed by atoms with Gasteiger partial charge in [-0.2, -0.15) is 12.7 Å². The summed E-state index contributed by atoms with van der Waals surface area (Å²) in [6, 6.07) is 7.72. The number of benzene rings is 1. The van der Waals surface area contributed by atoms with Crippen LogP contribution in [0.5, 0.6) is 0 Å². The third-order valence-corrected chi connectivity index (χ3v) is 7.73. The summed E-state index contributed by atoms with van der Waals surface area (Å²) in [6.07, 6.45) is 1.72. The van der Waals surface area contributed by atoms with Gasteiger partial charge in [0.25, 0.3) is 10.2 Å². The third-order valence-electron chi connectivity index (χ3n) is 5.69. The van der Waals surface area contributed by atoms with Crippen LogP contribution in [0.4, 0.5) is 16.2 Å². The molecule has 2 heterocycles. The maximum atomic E-state index is 12.3. The fourth-order valence-electron chi connectivity index (χ4n) is 3.70. The van der Waals surface area contributed by atoms with Gasteiger partial charge in [0.15, 0.2) is 0 Å². The van der Waals surface area contributed by atoms with Crippen LogP contribution >= 0.6 is 12.2 Å². The van der Waals surface area contributed by atoms with Crippen LogP contribution in [0.3, 0.4) is 0 Å². The van der Waals surface area contributed by atoms with Crippen molar-refractivity contribution in [1.82, 2.24) is 14.3 Å². The van der Waals surface area contributed by atoms with Gasteiger partial charge in [0.2, 0.25) is 0 Å². The minimum Gasteiger partial charge on any atom is -0.442 e. The molecule has 1 aromatic carbocycles. The number of carbonyl (C=O) groups is 1. The lowest BCUT2D eigenvalue weighted by atomic mass is 10.2. The van der Waals surface area contributed by atoms with E-state index in [9.17, 15) is 13.2 Å². The SMILES string of the molecule is CNS(=O)(=O)N1CCN(c2ccc(N3CC(CNC(=S)C4CC4)OC3=O)cc2)CC1. The molecule has 9 nitrogen and oxygen atoms in total. The Hall–Kier alpha value is -1.95. The average molecular weight is 454 g/mol. The van der Waals surface area contributed by atoms with Crippen LogP contribution in [0.2, 0.25) is 0 Å². The molecular formula is C19H27N5O4S2. The number of amides is 1. The first kappa shape index (κ1) is 21.3. The Morgan fingerprint density at radius 3 is 2.37 bits per heavy atom. The molecular weight excluding hydrogens is 426 g/mol. The van der Waals surface area contributed by atoms with Crippen molar-refractivity contribution >= 4 is 44.9 Å². The zero-order chi connectivity index (χ0) is 21.3. The number of nitrogens with one attached hydrogen (secondary N) is 2. The molecule has 30 heavy (non-hydrogen) atoms. The number of hydrogen-bond acceptors (Lipinski definition) is 6. The van der Waals surface area contributed by atoms with E-state index in [0.29, 0.717) is 45.2 Å². The van der Waals surface area contributed by atoms with Gasteiger partial charge in [0, 0.05) is 50.5 Å². The van der Waals surface area contributed by atoms with E-state index in [1.54, 1.807) is 4.90 Å². The minimum absolute atomic E-state index is 0.226. The number of hydrogen-bond donors (Lipinski definition) is 2. The molecule has 3 fully saturated rings. The van der Waals surface area contributed by atoms with Gasteiger partial charge in [-0.1, -0.05) is 12.2 Å². The molecule has 0 aromatic heterocycles. The molecule has 1 amide bonds. The Kier molecular flexibility index (Phi) is 6.14. The second-order valence-electron chi connectivity index (χ2n) is 7.75. The van der Waals surface area contributed by atoms with Gasteiger partial charge in [-0.15, -0.1) is 0 Å². The van der Waals surface area contributed by atoms with Crippen LogP contribution in [-0.2, 0) is 14.9 Å². The Labute approximate surface area is 182 Å². The standard InChI is InChI=1S/C19H27N5O4S2/c1-20-30(26,27)23-10-8-22(9-11-23)15-4-6-16(7-5-15)24-13-17(28-19(24)25)12-21-18(29)14-2-3-14/h4-7,14,17,20H,2-3,8-13H2,1H3,(H,21,29). The summed E-state index contributed by atoms with van der Waals surface area (Å²) in [6.45, 7) is 3.11. The van der Waals surface area contributed by atoms with E-state index in [-0.39, 0.29) is 12.2 Å². The lowest BCUT2D eigenvalue weighted by Crippen LogP contribution is -2.51. The maximum absolute atomic E-state index is 12.3. The molecule has 1 aliphatic carbocycles. The zero-order valence-electron chi connectivity index (χ0n) is 16.9. The van der Waals surface area contributed by atoms with Crippen LogP contribution in [0, 0.1) is 5.92 Å². The quantitative estimate of drug-likeness (QED) is 0.593. The van der Waals surface area contributed by atoms with Crippen molar-refractivity contribution < 1.29 is 17.9 Å². The van der Waals surface area contributed by atoms with E-state index >= 15 is 0 Å². The minimum atomic E-state index is -3.38. The summed E-state index contributed by atoms with van der Waals surface area (Å²) in [5.74, 6) is 0.501. The number of ether oxygens (including phenoxy) is 1. The monoisotopic (exact) mass is 453 g/mol. The molecule has 1 aromatic rings. The van der Waals surface area contributed by atoms with Gasteiger partial charge in [0.1, 0.15) is 6.10 Å². The van der Waals surface area contributed by atoms with E-state index in [1.165, 1.54) is 11.4 Å². The van der Waals surface area contributed by atoms with Gasteiger partial charge >= 0.3 is 6.09 Å². The lowest BCUT2D eigenvalue weighted by Gasteiger charge is -2.35. The highest BCUT2D eigenvalue weighted by molar-refractivity contribution is 7.87. The van der Waals surface area contributed by atoms with Gasteiger partial charge in [-0.25, -0.2) is 9.52 Å². The van der Waals surface area contributed by atoms with E-state index in [0.717, 1.165) is 29.2 Å². The van der Waals surface area contributed by atoms with Crippen LogP contribution in [0.25, 0.3) is 0 Å². The van der Waals surface area contributed by atoms with E-state index < -0.39 is 10.2 Å². The largest absolute Gasteiger partial charge is 0.442 e. The second kappa shape index (κ2) is 8.66. The number of carbonyl (C=O) groups excluding carboxylic acids is 1. The van der Waals surface area contributed by atoms with Gasteiger partial charge < -0.3 is 15.0 Å². The number of anilines is 2.